The molecule has 0 unspecified atom stereocenters. The van der Waals surface area contributed by atoms with E-state index >= 15 is 0 Å². The van der Waals surface area contributed by atoms with Crippen LogP contribution in [0, 0.1) is 0 Å². The second kappa shape index (κ2) is 6.16. The Kier molecular flexibility index (Phi) is 4.32. The topological polar surface area (TPSA) is 79.3 Å². The molecule has 1 heterocycles. The van der Waals surface area contributed by atoms with Crippen LogP contribution in [-0.2, 0) is 11.2 Å². The highest BCUT2D eigenvalue weighted by Crippen LogP contribution is 2.12. The molecule has 0 saturated carbocycles. The fourth-order valence-electron chi connectivity index (χ4n) is 1.69. The van der Waals surface area contributed by atoms with Crippen LogP contribution in [0.4, 0.5) is 5.82 Å². The normalized spacial score (nSPS) is 10.1. The Morgan fingerprint density at radius 2 is 1.95 bits per heavy atom. The van der Waals surface area contributed by atoms with Crippen molar-refractivity contribution in [3.8, 4) is 0 Å². The molecule has 6 heteroatoms. The first kappa shape index (κ1) is 14.0. The molecule has 1 aromatic carbocycles. The van der Waals surface area contributed by atoms with Crippen molar-refractivity contribution in [1.29, 1.82) is 0 Å². The zero-order valence-corrected chi connectivity index (χ0v) is 11.1. The molecule has 0 aliphatic heterocycles. The molecule has 0 spiro atoms. The minimum atomic E-state index is -1.06. The number of hydrogen-bond acceptors (Lipinski definition) is 3. The Bertz CT molecular complexity index is 641. The minimum Gasteiger partial charge on any atom is -0.478 e. The summed E-state index contributed by atoms with van der Waals surface area (Å²) >= 11 is 5.69. The summed E-state index contributed by atoms with van der Waals surface area (Å²) < 4.78 is 0. The van der Waals surface area contributed by atoms with E-state index in [4.69, 9.17) is 16.7 Å². The maximum absolute atomic E-state index is 11.9. The van der Waals surface area contributed by atoms with Crippen LogP contribution in [0.15, 0.2) is 42.6 Å². The van der Waals surface area contributed by atoms with Crippen molar-refractivity contribution in [3.63, 3.8) is 0 Å². The van der Waals surface area contributed by atoms with Gasteiger partial charge in [0.1, 0.15) is 5.82 Å². The SMILES string of the molecule is O=C(Cc1ccccc1C(=O)O)Nc1ccc(Cl)cn1. The average Bonchev–Trinajstić information content (AvgIpc) is 2.41. The Hall–Kier alpha value is -2.40. The maximum atomic E-state index is 11.9. The maximum Gasteiger partial charge on any atom is 0.335 e. The van der Waals surface area contributed by atoms with E-state index in [1.807, 2.05) is 0 Å². The summed E-state index contributed by atoms with van der Waals surface area (Å²) in [5, 5.41) is 12.1. The predicted octanol–water partition coefficient (Wildman–Crippen LogP) is 2.61. The van der Waals surface area contributed by atoms with Crippen molar-refractivity contribution in [3.05, 3.63) is 58.7 Å². The lowest BCUT2D eigenvalue weighted by atomic mass is 10.0. The number of amides is 1. The van der Waals surface area contributed by atoms with Crippen LogP contribution in [0.5, 0.6) is 0 Å². The molecule has 102 valence electrons. The van der Waals surface area contributed by atoms with E-state index in [1.54, 1.807) is 30.3 Å². The van der Waals surface area contributed by atoms with E-state index in [2.05, 4.69) is 10.3 Å². The molecule has 5 nitrogen and oxygen atoms in total. The van der Waals surface area contributed by atoms with Gasteiger partial charge in [0.25, 0.3) is 0 Å². The van der Waals surface area contributed by atoms with Gasteiger partial charge in [-0.25, -0.2) is 9.78 Å². The van der Waals surface area contributed by atoms with Gasteiger partial charge in [0.05, 0.1) is 17.0 Å². The van der Waals surface area contributed by atoms with Crippen molar-refractivity contribution in [1.82, 2.24) is 4.98 Å². The summed E-state index contributed by atoms with van der Waals surface area (Å²) in [6.45, 7) is 0. The van der Waals surface area contributed by atoms with Crippen LogP contribution in [0.1, 0.15) is 15.9 Å². The van der Waals surface area contributed by atoms with E-state index in [1.165, 1.54) is 12.3 Å². The molecule has 20 heavy (non-hydrogen) atoms. The highest BCUT2D eigenvalue weighted by atomic mass is 35.5. The van der Waals surface area contributed by atoms with Crippen molar-refractivity contribution >= 4 is 29.3 Å². The van der Waals surface area contributed by atoms with Gasteiger partial charge in [-0.1, -0.05) is 29.8 Å². The Morgan fingerprint density at radius 1 is 1.20 bits per heavy atom. The van der Waals surface area contributed by atoms with E-state index in [9.17, 15) is 9.59 Å². The summed E-state index contributed by atoms with van der Waals surface area (Å²) in [7, 11) is 0. The van der Waals surface area contributed by atoms with Gasteiger partial charge in [0.2, 0.25) is 5.91 Å². The van der Waals surface area contributed by atoms with Crippen LogP contribution >= 0.6 is 11.6 Å². The molecule has 0 fully saturated rings. The summed E-state index contributed by atoms with van der Waals surface area (Å²) in [5.41, 5.74) is 0.568. The lowest BCUT2D eigenvalue weighted by Crippen LogP contribution is -2.17. The largest absolute Gasteiger partial charge is 0.478 e. The van der Waals surface area contributed by atoms with Crippen molar-refractivity contribution in [2.24, 2.45) is 0 Å². The number of carbonyl (C=O) groups excluding carboxylic acids is 1. The van der Waals surface area contributed by atoms with E-state index in [0.717, 1.165) is 0 Å². The molecular weight excluding hydrogens is 280 g/mol. The number of pyridine rings is 1. The van der Waals surface area contributed by atoms with Crippen molar-refractivity contribution < 1.29 is 14.7 Å². The highest BCUT2D eigenvalue weighted by molar-refractivity contribution is 6.30. The first-order valence-electron chi connectivity index (χ1n) is 5.79. The van der Waals surface area contributed by atoms with Gasteiger partial charge in [-0.2, -0.15) is 0 Å². The smallest absolute Gasteiger partial charge is 0.335 e. The summed E-state index contributed by atoms with van der Waals surface area (Å²) in [4.78, 5) is 26.8. The number of hydrogen-bond donors (Lipinski definition) is 2. The second-order valence-corrected chi connectivity index (χ2v) is 4.49. The highest BCUT2D eigenvalue weighted by Gasteiger charge is 2.12. The Labute approximate surface area is 120 Å². The van der Waals surface area contributed by atoms with Crippen LogP contribution in [0.2, 0.25) is 5.02 Å². The number of aromatic nitrogens is 1. The minimum absolute atomic E-state index is 0.0349. The van der Waals surface area contributed by atoms with Gasteiger partial charge >= 0.3 is 5.97 Å². The van der Waals surface area contributed by atoms with Crippen LogP contribution in [-0.4, -0.2) is 22.0 Å². The molecule has 2 rings (SSSR count). The first-order valence-corrected chi connectivity index (χ1v) is 6.16. The monoisotopic (exact) mass is 290 g/mol. The van der Waals surface area contributed by atoms with Crippen LogP contribution in [0.25, 0.3) is 0 Å². The van der Waals surface area contributed by atoms with Gasteiger partial charge in [0, 0.05) is 6.20 Å². The number of benzene rings is 1. The molecule has 0 saturated heterocycles. The summed E-state index contributed by atoms with van der Waals surface area (Å²) in [6.07, 6.45) is 1.38. The molecule has 0 atom stereocenters. The molecule has 1 aromatic heterocycles. The standard InChI is InChI=1S/C14H11ClN2O3/c15-10-5-6-12(16-8-10)17-13(18)7-9-3-1-2-4-11(9)14(19)20/h1-6,8H,7H2,(H,19,20)(H,16,17,18). The zero-order valence-electron chi connectivity index (χ0n) is 10.3. The lowest BCUT2D eigenvalue weighted by Gasteiger charge is -2.07. The number of anilines is 1. The van der Waals surface area contributed by atoms with Gasteiger partial charge in [-0.05, 0) is 23.8 Å². The van der Waals surface area contributed by atoms with Crippen LogP contribution < -0.4 is 5.32 Å². The Morgan fingerprint density at radius 3 is 2.60 bits per heavy atom. The lowest BCUT2D eigenvalue weighted by molar-refractivity contribution is -0.115. The third kappa shape index (κ3) is 3.55. The van der Waals surface area contributed by atoms with Crippen molar-refractivity contribution in [2.75, 3.05) is 5.32 Å². The quantitative estimate of drug-likeness (QED) is 0.907. The predicted molar refractivity (Wildman–Crippen MR) is 75.0 cm³/mol. The van der Waals surface area contributed by atoms with E-state index < -0.39 is 5.97 Å². The Balaban J connectivity index is 2.08. The number of rotatable bonds is 4. The van der Waals surface area contributed by atoms with Crippen LogP contribution in [0.3, 0.4) is 0 Å². The third-order valence-corrected chi connectivity index (χ3v) is 2.82. The molecule has 0 bridgehead atoms. The number of nitrogens with zero attached hydrogens (tertiary/aromatic N) is 1. The molecule has 2 aromatic rings. The average molecular weight is 291 g/mol. The van der Waals surface area contributed by atoms with Gasteiger partial charge in [0.15, 0.2) is 0 Å². The number of nitrogens with one attached hydrogen (secondary N) is 1. The molecule has 0 aliphatic rings. The van der Waals surface area contributed by atoms with E-state index in [0.29, 0.717) is 16.4 Å². The summed E-state index contributed by atoms with van der Waals surface area (Å²) in [6, 6.07) is 9.56. The number of halogens is 1. The fourth-order valence-corrected chi connectivity index (χ4v) is 1.80. The van der Waals surface area contributed by atoms with Gasteiger partial charge < -0.3 is 10.4 Å². The first-order chi connectivity index (χ1) is 9.56. The molecular formula is C14H11ClN2O3. The number of aromatic carboxylic acids is 1. The zero-order chi connectivity index (χ0) is 14.5. The number of carboxylic acids is 1. The number of carbonyl (C=O) groups is 2. The molecule has 1 amide bonds. The molecule has 2 N–H and O–H groups in total. The number of carboxylic acid groups (broad SMARTS) is 1. The second-order valence-electron chi connectivity index (χ2n) is 4.05. The summed E-state index contributed by atoms with van der Waals surface area (Å²) in [5.74, 6) is -1.03. The van der Waals surface area contributed by atoms with Gasteiger partial charge in [-0.3, -0.25) is 4.79 Å². The molecule has 0 radical (unpaired) electrons. The van der Waals surface area contributed by atoms with E-state index in [-0.39, 0.29) is 17.9 Å². The fraction of sp³-hybridized carbons (Fsp3) is 0.0714. The van der Waals surface area contributed by atoms with Gasteiger partial charge in [-0.15, -0.1) is 0 Å². The molecule has 0 aliphatic carbocycles. The third-order valence-electron chi connectivity index (χ3n) is 2.59. The van der Waals surface area contributed by atoms with Crippen molar-refractivity contribution in [2.45, 2.75) is 6.42 Å².